The second kappa shape index (κ2) is 13.3. The second-order valence-electron chi connectivity index (χ2n) is 7.89. The summed E-state index contributed by atoms with van der Waals surface area (Å²) in [5.74, 6) is 1.13. The lowest BCUT2D eigenvalue weighted by molar-refractivity contribution is -0.141. The third kappa shape index (κ3) is 8.45. The summed E-state index contributed by atoms with van der Waals surface area (Å²) >= 11 is 12.2. The van der Waals surface area contributed by atoms with E-state index in [4.69, 9.17) is 32.7 Å². The Morgan fingerprint density at radius 1 is 1.03 bits per heavy atom. The Labute approximate surface area is 206 Å². The van der Waals surface area contributed by atoms with Gasteiger partial charge >= 0.3 is 0 Å². The summed E-state index contributed by atoms with van der Waals surface area (Å²) in [4.78, 5) is 27.4. The summed E-state index contributed by atoms with van der Waals surface area (Å²) in [6.45, 7) is 6.31. The molecule has 0 saturated carbocycles. The number of carbonyl (C=O) groups is 2. The fraction of sp³-hybridized carbons (Fsp3) is 0.440. The van der Waals surface area contributed by atoms with Crippen LogP contribution in [-0.2, 0) is 16.1 Å². The van der Waals surface area contributed by atoms with Gasteiger partial charge in [0.25, 0.3) is 0 Å². The number of ether oxygens (including phenoxy) is 2. The van der Waals surface area contributed by atoms with Crippen molar-refractivity contribution in [2.24, 2.45) is 0 Å². The third-order valence-corrected chi connectivity index (χ3v) is 6.11. The van der Waals surface area contributed by atoms with Crippen molar-refractivity contribution in [3.05, 3.63) is 58.1 Å². The maximum Gasteiger partial charge on any atom is 0.242 e. The molecule has 1 N–H and O–H groups in total. The molecule has 0 aliphatic carbocycles. The fourth-order valence-corrected chi connectivity index (χ4v) is 3.43. The number of nitrogens with zero attached hydrogens (tertiary/aromatic N) is 1. The predicted molar refractivity (Wildman–Crippen MR) is 132 cm³/mol. The van der Waals surface area contributed by atoms with Crippen molar-refractivity contribution in [3.8, 4) is 11.5 Å². The number of carbonyl (C=O) groups excluding carboxylic acids is 2. The molecular weight excluding hydrogens is 463 g/mol. The molecule has 2 rings (SSSR count). The average molecular weight is 495 g/mol. The van der Waals surface area contributed by atoms with Crippen LogP contribution in [0.1, 0.15) is 45.6 Å². The predicted octanol–water partition coefficient (Wildman–Crippen LogP) is 5.49. The Morgan fingerprint density at radius 2 is 1.70 bits per heavy atom. The highest BCUT2D eigenvalue weighted by Crippen LogP contribution is 2.24. The van der Waals surface area contributed by atoms with E-state index in [1.54, 1.807) is 37.1 Å². The van der Waals surface area contributed by atoms with Crippen LogP contribution < -0.4 is 14.8 Å². The zero-order valence-electron chi connectivity index (χ0n) is 19.6. The number of benzene rings is 2. The van der Waals surface area contributed by atoms with Gasteiger partial charge in [-0.15, -0.1) is 0 Å². The van der Waals surface area contributed by atoms with Crippen LogP contribution in [0.4, 0.5) is 0 Å². The SMILES string of the molecule is CC[C@H](C)NC(=O)[C@@H](C)N(Cc1ccc(Cl)c(Cl)c1)C(=O)CCCOc1ccc(OC)cc1. The van der Waals surface area contributed by atoms with Crippen molar-refractivity contribution in [2.45, 2.75) is 58.7 Å². The van der Waals surface area contributed by atoms with Crippen LogP contribution in [0.5, 0.6) is 11.5 Å². The molecule has 0 aromatic heterocycles. The van der Waals surface area contributed by atoms with Crippen molar-refractivity contribution in [1.82, 2.24) is 10.2 Å². The molecule has 0 bridgehead atoms. The lowest BCUT2D eigenvalue weighted by Crippen LogP contribution is -2.49. The summed E-state index contributed by atoms with van der Waals surface area (Å²) in [5.41, 5.74) is 0.801. The largest absolute Gasteiger partial charge is 0.497 e. The normalized spacial score (nSPS) is 12.5. The van der Waals surface area contributed by atoms with Crippen LogP contribution in [0.15, 0.2) is 42.5 Å². The molecule has 0 aliphatic heterocycles. The molecule has 0 radical (unpaired) electrons. The minimum absolute atomic E-state index is 0.0276. The third-order valence-electron chi connectivity index (χ3n) is 5.37. The van der Waals surface area contributed by atoms with Crippen molar-refractivity contribution >= 4 is 35.0 Å². The highest BCUT2D eigenvalue weighted by atomic mass is 35.5. The first-order valence-corrected chi connectivity index (χ1v) is 11.8. The van der Waals surface area contributed by atoms with E-state index in [2.05, 4.69) is 5.32 Å². The molecule has 0 aliphatic rings. The molecule has 180 valence electrons. The van der Waals surface area contributed by atoms with Gasteiger partial charge in [0.1, 0.15) is 17.5 Å². The Bertz CT molecular complexity index is 921. The number of halogens is 2. The molecule has 6 nitrogen and oxygen atoms in total. The quantitative estimate of drug-likeness (QED) is 0.396. The summed E-state index contributed by atoms with van der Waals surface area (Å²) in [7, 11) is 1.61. The van der Waals surface area contributed by atoms with Crippen LogP contribution in [0, 0.1) is 0 Å². The van der Waals surface area contributed by atoms with Crippen molar-refractivity contribution in [1.29, 1.82) is 0 Å². The fourth-order valence-electron chi connectivity index (χ4n) is 3.11. The molecule has 2 atom stereocenters. The number of nitrogens with one attached hydrogen (secondary N) is 1. The Kier molecular flexibility index (Phi) is 10.8. The van der Waals surface area contributed by atoms with Crippen molar-refractivity contribution < 1.29 is 19.1 Å². The van der Waals surface area contributed by atoms with Gasteiger partial charge < -0.3 is 19.7 Å². The molecule has 2 aromatic carbocycles. The first-order valence-electron chi connectivity index (χ1n) is 11.1. The number of amides is 2. The standard InChI is InChI=1S/C25H32Cl2N2O4/c1-5-17(2)28-25(31)18(3)29(16-19-8-13-22(26)23(27)15-19)24(30)7-6-14-33-21-11-9-20(32-4)10-12-21/h8-13,15,17-18H,5-7,14,16H2,1-4H3,(H,28,31)/t17-,18+/m0/s1. The van der Waals surface area contributed by atoms with Gasteiger partial charge in [-0.2, -0.15) is 0 Å². The molecule has 33 heavy (non-hydrogen) atoms. The molecule has 0 heterocycles. The highest BCUT2D eigenvalue weighted by Gasteiger charge is 2.26. The number of hydrogen-bond donors (Lipinski definition) is 1. The molecular formula is C25H32Cl2N2O4. The number of rotatable bonds is 12. The molecule has 0 unspecified atom stereocenters. The lowest BCUT2D eigenvalue weighted by atomic mass is 10.1. The number of methoxy groups -OCH3 is 1. The van der Waals surface area contributed by atoms with E-state index in [1.165, 1.54) is 0 Å². The summed E-state index contributed by atoms with van der Waals surface area (Å²) < 4.78 is 10.9. The Hall–Kier alpha value is -2.44. The summed E-state index contributed by atoms with van der Waals surface area (Å²) in [6, 6.07) is 11.9. The van der Waals surface area contributed by atoms with Gasteiger partial charge in [-0.1, -0.05) is 36.2 Å². The van der Waals surface area contributed by atoms with E-state index in [-0.39, 0.29) is 30.8 Å². The van der Waals surface area contributed by atoms with E-state index in [0.29, 0.717) is 28.8 Å². The van der Waals surface area contributed by atoms with Crippen LogP contribution in [-0.4, -0.2) is 42.5 Å². The zero-order valence-corrected chi connectivity index (χ0v) is 21.1. The molecule has 2 aromatic rings. The van der Waals surface area contributed by atoms with Crippen LogP contribution in [0.3, 0.4) is 0 Å². The van der Waals surface area contributed by atoms with Crippen molar-refractivity contribution in [2.75, 3.05) is 13.7 Å². The first-order chi connectivity index (χ1) is 15.7. The molecule has 8 heteroatoms. The summed E-state index contributed by atoms with van der Waals surface area (Å²) in [5, 5.41) is 3.80. The van der Waals surface area contributed by atoms with Gasteiger partial charge in [-0.3, -0.25) is 9.59 Å². The maximum atomic E-state index is 13.1. The Balaban J connectivity index is 2.02. The number of hydrogen-bond acceptors (Lipinski definition) is 4. The molecule has 0 fully saturated rings. The first kappa shape index (κ1) is 26.8. The summed E-state index contributed by atoms with van der Waals surface area (Å²) in [6.07, 6.45) is 1.57. The van der Waals surface area contributed by atoms with Crippen molar-refractivity contribution in [3.63, 3.8) is 0 Å². The van der Waals surface area contributed by atoms with Gasteiger partial charge in [0.05, 0.1) is 23.8 Å². The van der Waals surface area contributed by atoms with Crippen LogP contribution in [0.2, 0.25) is 10.0 Å². The lowest BCUT2D eigenvalue weighted by Gasteiger charge is -2.30. The van der Waals surface area contributed by atoms with Gasteiger partial charge in [0.2, 0.25) is 11.8 Å². The van der Waals surface area contributed by atoms with E-state index < -0.39 is 6.04 Å². The second-order valence-corrected chi connectivity index (χ2v) is 8.71. The van der Waals surface area contributed by atoms with Crippen LogP contribution in [0.25, 0.3) is 0 Å². The van der Waals surface area contributed by atoms with Gasteiger partial charge in [-0.05, 0) is 68.7 Å². The van der Waals surface area contributed by atoms with E-state index in [1.807, 2.05) is 38.1 Å². The average Bonchev–Trinajstić information content (AvgIpc) is 2.82. The van der Waals surface area contributed by atoms with Gasteiger partial charge in [-0.25, -0.2) is 0 Å². The minimum Gasteiger partial charge on any atom is -0.497 e. The zero-order chi connectivity index (χ0) is 24.4. The molecule has 0 spiro atoms. The topological polar surface area (TPSA) is 67.9 Å². The molecule has 0 saturated heterocycles. The van der Waals surface area contributed by atoms with Gasteiger partial charge in [0, 0.05) is 19.0 Å². The molecule has 2 amide bonds. The minimum atomic E-state index is -0.636. The van der Waals surface area contributed by atoms with E-state index >= 15 is 0 Å². The monoisotopic (exact) mass is 494 g/mol. The van der Waals surface area contributed by atoms with Crippen LogP contribution >= 0.6 is 23.2 Å². The van der Waals surface area contributed by atoms with E-state index in [0.717, 1.165) is 17.7 Å². The maximum absolute atomic E-state index is 13.1. The smallest absolute Gasteiger partial charge is 0.242 e. The van der Waals surface area contributed by atoms with E-state index in [9.17, 15) is 9.59 Å². The Morgan fingerprint density at radius 3 is 2.30 bits per heavy atom. The van der Waals surface area contributed by atoms with Gasteiger partial charge in [0.15, 0.2) is 0 Å². The highest BCUT2D eigenvalue weighted by molar-refractivity contribution is 6.42.